The molecule has 1 aromatic rings. The lowest BCUT2D eigenvalue weighted by molar-refractivity contribution is -0.136. The van der Waals surface area contributed by atoms with Gasteiger partial charge in [0.05, 0.1) is 12.2 Å². The Balaban J connectivity index is 2.61. The molecule has 0 atom stereocenters. The summed E-state index contributed by atoms with van der Waals surface area (Å²) < 4.78 is 41.2. The molecule has 100 valence electrons. The van der Waals surface area contributed by atoms with Crippen LogP contribution in [0.15, 0.2) is 18.2 Å². The lowest BCUT2D eigenvalue weighted by Gasteiger charge is -2.12. The number of rotatable bonds is 5. The Morgan fingerprint density at radius 3 is 2.61 bits per heavy atom. The van der Waals surface area contributed by atoms with Crippen LogP contribution in [0.1, 0.15) is 24.0 Å². The molecule has 0 aromatic heterocycles. The predicted molar refractivity (Wildman–Crippen MR) is 67.9 cm³/mol. The summed E-state index contributed by atoms with van der Waals surface area (Å²) in [6.45, 7) is 1.84. The van der Waals surface area contributed by atoms with Gasteiger partial charge in [-0.05, 0) is 31.0 Å². The number of hydrogen-bond acceptors (Lipinski definition) is 2. The molecule has 1 rings (SSSR count). The highest BCUT2D eigenvalue weighted by atomic mass is 32.1. The number of alkyl halides is 3. The van der Waals surface area contributed by atoms with Crippen LogP contribution in [0.2, 0.25) is 0 Å². The van der Waals surface area contributed by atoms with Crippen molar-refractivity contribution in [3.05, 3.63) is 29.3 Å². The van der Waals surface area contributed by atoms with E-state index in [1.165, 1.54) is 0 Å². The Bertz CT molecular complexity index is 432. The predicted octanol–water partition coefficient (Wildman–Crippen LogP) is 3.35. The van der Waals surface area contributed by atoms with Gasteiger partial charge < -0.3 is 10.5 Å². The van der Waals surface area contributed by atoms with Gasteiger partial charge in [-0.3, -0.25) is 0 Å². The summed E-state index contributed by atoms with van der Waals surface area (Å²) in [5.74, 6) is 0.435. The number of aryl methyl sites for hydroxylation is 1. The largest absolute Gasteiger partial charge is 0.493 e. The van der Waals surface area contributed by atoms with Gasteiger partial charge in [-0.2, -0.15) is 13.2 Å². The first-order chi connectivity index (χ1) is 8.29. The van der Waals surface area contributed by atoms with E-state index in [0.29, 0.717) is 11.3 Å². The average Bonchev–Trinajstić information content (AvgIpc) is 2.22. The van der Waals surface area contributed by atoms with Crippen LogP contribution in [0, 0.1) is 6.92 Å². The molecule has 1 aromatic carbocycles. The van der Waals surface area contributed by atoms with Crippen molar-refractivity contribution in [2.24, 2.45) is 5.73 Å². The van der Waals surface area contributed by atoms with Crippen molar-refractivity contribution in [3.8, 4) is 5.75 Å². The van der Waals surface area contributed by atoms with E-state index < -0.39 is 12.6 Å². The van der Waals surface area contributed by atoms with Gasteiger partial charge in [0.25, 0.3) is 0 Å². The van der Waals surface area contributed by atoms with Crippen molar-refractivity contribution in [2.45, 2.75) is 25.9 Å². The van der Waals surface area contributed by atoms with Gasteiger partial charge in [-0.25, -0.2) is 0 Å². The topological polar surface area (TPSA) is 35.2 Å². The van der Waals surface area contributed by atoms with Crippen LogP contribution in [-0.2, 0) is 0 Å². The summed E-state index contributed by atoms with van der Waals surface area (Å²) in [4.78, 5) is 0.167. The molecule has 0 saturated carbocycles. The Morgan fingerprint density at radius 1 is 1.39 bits per heavy atom. The van der Waals surface area contributed by atoms with Crippen LogP contribution in [0.3, 0.4) is 0 Å². The fourth-order valence-corrected chi connectivity index (χ4v) is 1.58. The van der Waals surface area contributed by atoms with Crippen LogP contribution in [-0.4, -0.2) is 17.8 Å². The first-order valence-corrected chi connectivity index (χ1v) is 5.80. The second-order valence-electron chi connectivity index (χ2n) is 3.93. The molecule has 0 radical (unpaired) electrons. The molecule has 0 aliphatic heterocycles. The average molecular weight is 277 g/mol. The zero-order valence-corrected chi connectivity index (χ0v) is 10.7. The molecular weight excluding hydrogens is 263 g/mol. The van der Waals surface area contributed by atoms with Crippen LogP contribution in [0.25, 0.3) is 0 Å². The third kappa shape index (κ3) is 4.91. The summed E-state index contributed by atoms with van der Waals surface area (Å²) >= 11 is 4.85. The molecule has 0 spiro atoms. The third-order valence-electron chi connectivity index (χ3n) is 2.26. The summed E-state index contributed by atoms with van der Waals surface area (Å²) in [7, 11) is 0. The molecule has 0 aliphatic carbocycles. The molecule has 0 bridgehead atoms. The minimum atomic E-state index is -4.15. The highest BCUT2D eigenvalue weighted by Gasteiger charge is 2.26. The van der Waals surface area contributed by atoms with Gasteiger partial charge in [0.15, 0.2) is 0 Å². The van der Waals surface area contributed by atoms with Crippen molar-refractivity contribution in [1.29, 1.82) is 0 Å². The van der Waals surface area contributed by atoms with Crippen molar-refractivity contribution in [3.63, 3.8) is 0 Å². The summed E-state index contributed by atoms with van der Waals surface area (Å²) in [5.41, 5.74) is 6.98. The van der Waals surface area contributed by atoms with Crippen LogP contribution < -0.4 is 10.5 Å². The molecule has 6 heteroatoms. The first-order valence-electron chi connectivity index (χ1n) is 5.39. The molecule has 18 heavy (non-hydrogen) atoms. The van der Waals surface area contributed by atoms with Gasteiger partial charge in [0.1, 0.15) is 10.7 Å². The lowest BCUT2D eigenvalue weighted by atomic mass is 10.1. The smallest absolute Gasteiger partial charge is 0.389 e. The van der Waals surface area contributed by atoms with Crippen molar-refractivity contribution >= 4 is 17.2 Å². The fourth-order valence-electron chi connectivity index (χ4n) is 1.41. The van der Waals surface area contributed by atoms with Crippen LogP contribution >= 0.6 is 12.2 Å². The molecular formula is C12H14F3NOS. The van der Waals surface area contributed by atoms with Crippen LogP contribution in [0.5, 0.6) is 5.75 Å². The number of ether oxygens (including phenoxy) is 1. The fraction of sp³-hybridized carbons (Fsp3) is 0.417. The van der Waals surface area contributed by atoms with E-state index in [4.69, 9.17) is 22.7 Å². The summed E-state index contributed by atoms with van der Waals surface area (Å²) in [6, 6.07) is 5.23. The van der Waals surface area contributed by atoms with E-state index in [0.717, 1.165) is 5.56 Å². The lowest BCUT2D eigenvalue weighted by Crippen LogP contribution is -2.13. The number of hydrogen-bond donors (Lipinski definition) is 1. The van der Waals surface area contributed by atoms with Crippen molar-refractivity contribution < 1.29 is 17.9 Å². The Labute approximate surface area is 109 Å². The molecule has 0 amide bonds. The minimum absolute atomic E-state index is 0.0153. The zero-order valence-electron chi connectivity index (χ0n) is 9.88. The minimum Gasteiger partial charge on any atom is -0.493 e. The monoisotopic (exact) mass is 277 g/mol. The molecule has 2 N–H and O–H groups in total. The van der Waals surface area contributed by atoms with E-state index >= 15 is 0 Å². The van der Waals surface area contributed by atoms with Gasteiger partial charge >= 0.3 is 6.18 Å². The van der Waals surface area contributed by atoms with Crippen molar-refractivity contribution in [2.75, 3.05) is 6.61 Å². The van der Waals surface area contributed by atoms with E-state index in [1.807, 2.05) is 13.0 Å². The highest BCUT2D eigenvalue weighted by Crippen LogP contribution is 2.23. The maximum Gasteiger partial charge on any atom is 0.389 e. The summed E-state index contributed by atoms with van der Waals surface area (Å²) in [5, 5.41) is 0. The van der Waals surface area contributed by atoms with Gasteiger partial charge in [0.2, 0.25) is 0 Å². The highest BCUT2D eigenvalue weighted by molar-refractivity contribution is 7.80. The Kier molecular flexibility index (Phi) is 4.95. The van der Waals surface area contributed by atoms with E-state index in [9.17, 15) is 13.2 Å². The zero-order chi connectivity index (χ0) is 13.8. The second-order valence-corrected chi connectivity index (χ2v) is 4.37. The second kappa shape index (κ2) is 6.04. The van der Waals surface area contributed by atoms with E-state index in [1.54, 1.807) is 12.1 Å². The van der Waals surface area contributed by atoms with Gasteiger partial charge in [-0.15, -0.1) is 0 Å². The Morgan fingerprint density at radius 2 is 2.06 bits per heavy atom. The first kappa shape index (κ1) is 14.8. The van der Waals surface area contributed by atoms with E-state index in [2.05, 4.69) is 0 Å². The maximum absolute atomic E-state index is 12.0. The van der Waals surface area contributed by atoms with E-state index in [-0.39, 0.29) is 18.0 Å². The third-order valence-corrected chi connectivity index (χ3v) is 2.48. The number of benzene rings is 1. The molecule has 0 fully saturated rings. The summed E-state index contributed by atoms with van der Waals surface area (Å²) in [6.07, 6.45) is -5.10. The quantitative estimate of drug-likeness (QED) is 0.662. The number of nitrogens with two attached hydrogens (primary N) is 1. The normalized spacial score (nSPS) is 11.3. The molecule has 0 unspecified atom stereocenters. The molecule has 0 saturated heterocycles. The standard InChI is InChI=1S/C12H14F3NOS/c1-8-3-4-9(11(16)18)10(7-8)17-6-2-5-12(13,14)15/h3-4,7H,2,5-6H2,1H3,(H2,16,18). The molecule has 2 nitrogen and oxygen atoms in total. The molecule has 0 aliphatic rings. The Hall–Kier alpha value is -1.30. The maximum atomic E-state index is 12.0. The van der Waals surface area contributed by atoms with Gasteiger partial charge in [-0.1, -0.05) is 18.3 Å². The number of thiocarbonyl (C=S) groups is 1. The van der Waals surface area contributed by atoms with Crippen molar-refractivity contribution in [1.82, 2.24) is 0 Å². The van der Waals surface area contributed by atoms with Gasteiger partial charge in [0, 0.05) is 6.42 Å². The van der Waals surface area contributed by atoms with Crippen LogP contribution in [0.4, 0.5) is 13.2 Å². The number of halogens is 3. The molecule has 0 heterocycles. The SMILES string of the molecule is Cc1ccc(C(N)=S)c(OCCCC(F)(F)F)c1.